The summed E-state index contributed by atoms with van der Waals surface area (Å²) < 4.78 is 32.2. The molecule has 0 saturated carbocycles. The number of para-hydroxylation sites is 1. The smallest absolute Gasteiger partial charge is 0.340 e. The first-order valence-corrected chi connectivity index (χ1v) is 10.6. The van der Waals surface area contributed by atoms with E-state index in [1.54, 1.807) is 35.2 Å². The normalized spacial score (nSPS) is 10.7. The van der Waals surface area contributed by atoms with Crippen LogP contribution >= 0.6 is 0 Å². The Morgan fingerprint density at radius 2 is 1.72 bits per heavy atom. The van der Waals surface area contributed by atoms with Gasteiger partial charge in [0.25, 0.3) is 0 Å². The van der Waals surface area contributed by atoms with Crippen LogP contribution in [0.3, 0.4) is 0 Å². The third kappa shape index (κ3) is 4.86. The van der Waals surface area contributed by atoms with Crippen LogP contribution in [0.25, 0.3) is 5.69 Å². The van der Waals surface area contributed by atoms with Crippen LogP contribution in [0.15, 0.2) is 73.1 Å². The molecule has 0 amide bonds. The van der Waals surface area contributed by atoms with Gasteiger partial charge in [-0.1, -0.05) is 36.4 Å². The predicted molar refractivity (Wildman–Crippen MR) is 111 cm³/mol. The van der Waals surface area contributed by atoms with Crippen molar-refractivity contribution in [2.45, 2.75) is 6.54 Å². The number of ether oxygens (including phenoxy) is 1. The van der Waals surface area contributed by atoms with Crippen LogP contribution in [0.5, 0.6) is 0 Å². The van der Waals surface area contributed by atoms with Crippen molar-refractivity contribution in [3.8, 4) is 17.7 Å². The highest BCUT2D eigenvalue weighted by Crippen LogP contribution is 2.21. The van der Waals surface area contributed by atoms with Crippen LogP contribution in [0.4, 0.5) is 0 Å². The lowest BCUT2D eigenvalue weighted by Crippen LogP contribution is -2.24. The van der Waals surface area contributed by atoms with Gasteiger partial charge in [-0.2, -0.15) is 0 Å². The third-order valence-corrected chi connectivity index (χ3v) is 5.21. The molecular weight excluding hydrogens is 388 g/mol. The minimum absolute atomic E-state index is 0.127. The second-order valence-electron chi connectivity index (χ2n) is 6.28. The summed E-state index contributed by atoms with van der Waals surface area (Å²) in [6, 6.07) is 20.7. The molecule has 1 heterocycles. The summed E-state index contributed by atoms with van der Waals surface area (Å²) in [7, 11) is -2.26. The molecule has 0 N–H and O–H groups in total. The number of rotatable bonds is 5. The fourth-order valence-corrected chi connectivity index (χ4v) is 3.39. The quantitative estimate of drug-likeness (QED) is 0.370. The number of methoxy groups -OCH3 is 1. The number of esters is 1. The van der Waals surface area contributed by atoms with Gasteiger partial charge in [-0.15, -0.1) is 0 Å². The molecule has 6 nitrogen and oxygen atoms in total. The summed E-state index contributed by atoms with van der Waals surface area (Å²) in [4.78, 5) is 12.2. The van der Waals surface area contributed by atoms with E-state index in [-0.39, 0.29) is 6.54 Å². The van der Waals surface area contributed by atoms with Gasteiger partial charge in [0, 0.05) is 18.4 Å². The third-order valence-electron chi connectivity index (χ3n) is 4.19. The zero-order valence-electron chi connectivity index (χ0n) is 16.1. The molecule has 2 aromatic carbocycles. The topological polar surface area (TPSA) is 68.6 Å². The van der Waals surface area contributed by atoms with E-state index in [0.717, 1.165) is 16.1 Å². The van der Waals surface area contributed by atoms with Gasteiger partial charge in [0.15, 0.2) is 0 Å². The summed E-state index contributed by atoms with van der Waals surface area (Å²) >= 11 is 0. The summed E-state index contributed by atoms with van der Waals surface area (Å²) in [6.45, 7) is 0.127. The van der Waals surface area contributed by atoms with Gasteiger partial charge in [-0.25, -0.2) is 17.5 Å². The van der Waals surface area contributed by atoms with Crippen molar-refractivity contribution in [3.63, 3.8) is 0 Å². The Kier molecular flexibility index (Phi) is 6.05. The van der Waals surface area contributed by atoms with Gasteiger partial charge >= 0.3 is 5.97 Å². The van der Waals surface area contributed by atoms with Crippen molar-refractivity contribution < 1.29 is 17.9 Å². The lowest BCUT2D eigenvalue weighted by molar-refractivity contribution is 0.0600. The molecule has 3 aromatic rings. The Morgan fingerprint density at radius 1 is 1.03 bits per heavy atom. The number of nitrogens with zero attached hydrogens (tertiary/aromatic N) is 2. The summed E-state index contributed by atoms with van der Waals surface area (Å²) in [5, 5.41) is 0. The molecule has 0 spiro atoms. The highest BCUT2D eigenvalue weighted by Gasteiger charge is 2.17. The SMILES string of the molecule is COC(=O)c1cccc(C#CN(Cc2ccccc2)S(C)(=O)=O)c1-n1cccc1. The Labute approximate surface area is 170 Å². The van der Waals surface area contributed by atoms with Crippen molar-refractivity contribution in [2.24, 2.45) is 0 Å². The van der Waals surface area contributed by atoms with Crippen molar-refractivity contribution >= 4 is 16.0 Å². The number of hydrogen-bond donors (Lipinski definition) is 0. The van der Waals surface area contributed by atoms with Crippen LogP contribution in [-0.2, 0) is 21.3 Å². The molecule has 7 heteroatoms. The van der Waals surface area contributed by atoms with E-state index in [1.165, 1.54) is 7.11 Å². The van der Waals surface area contributed by atoms with Gasteiger partial charge in [-0.05, 0) is 35.7 Å². The van der Waals surface area contributed by atoms with Crippen molar-refractivity contribution in [2.75, 3.05) is 13.4 Å². The van der Waals surface area contributed by atoms with E-state index in [4.69, 9.17) is 4.74 Å². The molecule has 1 aromatic heterocycles. The van der Waals surface area contributed by atoms with Gasteiger partial charge in [0.05, 0.1) is 36.7 Å². The van der Waals surface area contributed by atoms with E-state index < -0.39 is 16.0 Å². The first-order valence-electron chi connectivity index (χ1n) is 8.78. The lowest BCUT2D eigenvalue weighted by atomic mass is 10.1. The molecule has 0 atom stereocenters. The van der Waals surface area contributed by atoms with Crippen LogP contribution in [0.2, 0.25) is 0 Å². The first kappa shape index (κ1) is 20.2. The maximum absolute atomic E-state index is 12.2. The summed E-state index contributed by atoms with van der Waals surface area (Å²) in [5.41, 5.74) is 2.20. The molecular formula is C22H20N2O4S. The van der Waals surface area contributed by atoms with E-state index in [9.17, 15) is 13.2 Å². The summed E-state index contributed by atoms with van der Waals surface area (Å²) in [5.74, 6) is 2.42. The van der Waals surface area contributed by atoms with E-state index in [2.05, 4.69) is 12.0 Å². The first-order chi connectivity index (χ1) is 13.9. The Morgan fingerprint density at radius 3 is 2.34 bits per heavy atom. The molecule has 0 aliphatic carbocycles. The average molecular weight is 408 g/mol. The van der Waals surface area contributed by atoms with Crippen molar-refractivity contribution in [1.82, 2.24) is 8.87 Å². The standard InChI is InChI=1S/C22H20N2O4S/c1-28-22(25)20-12-8-11-19(21(20)23-14-6-7-15-23)13-16-24(29(2,26)27)17-18-9-4-3-5-10-18/h3-12,14-15H,17H2,1-2H3. The molecule has 0 bridgehead atoms. The fourth-order valence-electron chi connectivity index (χ4n) is 2.79. The number of sulfonamides is 1. The Hall–Kier alpha value is -3.50. The average Bonchev–Trinajstić information content (AvgIpc) is 3.24. The lowest BCUT2D eigenvalue weighted by Gasteiger charge is -2.15. The van der Waals surface area contributed by atoms with Crippen LogP contribution in [-0.4, -0.2) is 36.6 Å². The van der Waals surface area contributed by atoms with Gasteiger partial charge in [-0.3, -0.25) is 0 Å². The van der Waals surface area contributed by atoms with Gasteiger partial charge in [0.2, 0.25) is 10.0 Å². The number of hydrogen-bond acceptors (Lipinski definition) is 4. The zero-order chi connectivity index (χ0) is 20.9. The number of aromatic nitrogens is 1. The monoisotopic (exact) mass is 408 g/mol. The minimum Gasteiger partial charge on any atom is -0.465 e. The number of carbonyl (C=O) groups is 1. The summed E-state index contributed by atoms with van der Waals surface area (Å²) in [6.07, 6.45) is 4.68. The van der Waals surface area contributed by atoms with Crippen molar-refractivity contribution in [1.29, 1.82) is 0 Å². The maximum atomic E-state index is 12.2. The molecule has 148 valence electrons. The Balaban J connectivity index is 2.07. The maximum Gasteiger partial charge on any atom is 0.340 e. The highest BCUT2D eigenvalue weighted by atomic mass is 32.2. The Bertz CT molecular complexity index is 1160. The second kappa shape index (κ2) is 8.67. The van der Waals surface area contributed by atoms with E-state index in [1.807, 2.05) is 42.5 Å². The predicted octanol–water partition coefficient (Wildman–Crippen LogP) is 3.03. The van der Waals surface area contributed by atoms with Crippen LogP contribution < -0.4 is 0 Å². The highest BCUT2D eigenvalue weighted by molar-refractivity contribution is 7.88. The molecule has 0 saturated heterocycles. The van der Waals surface area contributed by atoms with Crippen LogP contribution in [0, 0.1) is 12.0 Å². The molecule has 29 heavy (non-hydrogen) atoms. The molecule has 0 unspecified atom stereocenters. The fraction of sp³-hybridized carbons (Fsp3) is 0.136. The minimum atomic E-state index is -3.57. The van der Waals surface area contributed by atoms with Crippen LogP contribution in [0.1, 0.15) is 21.5 Å². The molecule has 0 aliphatic rings. The molecule has 3 rings (SSSR count). The number of carbonyl (C=O) groups excluding carboxylic acids is 1. The second-order valence-corrected chi connectivity index (χ2v) is 8.18. The zero-order valence-corrected chi connectivity index (χ0v) is 16.9. The number of benzene rings is 2. The van der Waals surface area contributed by atoms with Gasteiger partial charge < -0.3 is 9.30 Å². The largest absolute Gasteiger partial charge is 0.465 e. The van der Waals surface area contributed by atoms with E-state index >= 15 is 0 Å². The van der Waals surface area contributed by atoms with Gasteiger partial charge in [0.1, 0.15) is 0 Å². The van der Waals surface area contributed by atoms with Crippen molar-refractivity contribution in [3.05, 3.63) is 89.7 Å². The molecule has 0 fully saturated rings. The van der Waals surface area contributed by atoms with E-state index in [0.29, 0.717) is 16.8 Å². The molecule has 0 aliphatic heterocycles. The molecule has 0 radical (unpaired) electrons.